The quantitative estimate of drug-likeness (QED) is 0.356. The Labute approximate surface area is 219 Å². The summed E-state index contributed by atoms with van der Waals surface area (Å²) in [6.07, 6.45) is 8.19. The minimum Gasteiger partial charge on any atom is -0.446 e. The fraction of sp³-hybridized carbons (Fsp3) is 0.815. The van der Waals surface area contributed by atoms with Crippen molar-refractivity contribution in [1.82, 2.24) is 15.5 Å². The highest BCUT2D eigenvalue weighted by Gasteiger charge is 2.42. The molecule has 0 radical (unpaired) electrons. The molecule has 10 nitrogen and oxygen atoms in total. The molecule has 0 aromatic rings. The Morgan fingerprint density at radius 2 is 1.57 bits per heavy atom. The molecule has 1 aliphatic heterocycles. The molecule has 0 aromatic heterocycles. The van der Waals surface area contributed by atoms with E-state index in [1.165, 1.54) is 4.90 Å². The van der Waals surface area contributed by atoms with Gasteiger partial charge in [0.1, 0.15) is 18.2 Å². The molecule has 3 aliphatic rings. The van der Waals surface area contributed by atoms with E-state index in [2.05, 4.69) is 10.6 Å². The van der Waals surface area contributed by atoms with Gasteiger partial charge in [0.25, 0.3) is 5.91 Å². The van der Waals surface area contributed by atoms with Crippen LogP contribution in [0.25, 0.3) is 0 Å². The first-order chi connectivity index (χ1) is 17.6. The summed E-state index contributed by atoms with van der Waals surface area (Å²) in [5.41, 5.74) is 5.24. The molecule has 4 N–H and O–H groups in total. The fourth-order valence-electron chi connectivity index (χ4n) is 5.53. The Hall–Kier alpha value is -2.65. The van der Waals surface area contributed by atoms with Crippen LogP contribution in [0.1, 0.15) is 91.4 Å². The average molecular weight is 521 g/mol. The molecule has 1 heterocycles. The second-order valence-corrected chi connectivity index (χ2v) is 11.4. The Morgan fingerprint density at radius 3 is 2.14 bits per heavy atom. The lowest BCUT2D eigenvalue weighted by atomic mass is 9.80. The second-order valence-electron chi connectivity index (χ2n) is 11.4. The van der Waals surface area contributed by atoms with Crippen molar-refractivity contribution in [3.05, 3.63) is 0 Å². The third-order valence-corrected chi connectivity index (χ3v) is 8.40. The van der Waals surface area contributed by atoms with Gasteiger partial charge in [-0.15, -0.1) is 0 Å². The van der Waals surface area contributed by atoms with Crippen molar-refractivity contribution in [2.75, 3.05) is 6.54 Å². The zero-order valence-electron chi connectivity index (χ0n) is 22.5. The smallest absolute Gasteiger partial charge is 0.408 e. The SMILES string of the molecule is CC(C)C(C)OC(=O)N[C@H](C(=O)N1CCCC1C(=O)NC(CC1CCC1)C(=O)C(N)=O)C1CCCCC1. The first-order valence-corrected chi connectivity index (χ1v) is 14.0. The summed E-state index contributed by atoms with van der Waals surface area (Å²) in [5.74, 6) is -2.25. The van der Waals surface area contributed by atoms with Crippen LogP contribution < -0.4 is 16.4 Å². The largest absolute Gasteiger partial charge is 0.446 e. The highest BCUT2D eigenvalue weighted by molar-refractivity contribution is 6.37. The van der Waals surface area contributed by atoms with Gasteiger partial charge in [0.15, 0.2) is 0 Å². The molecule has 37 heavy (non-hydrogen) atoms. The van der Waals surface area contributed by atoms with Crippen LogP contribution >= 0.6 is 0 Å². The number of hydrogen-bond acceptors (Lipinski definition) is 6. The highest BCUT2D eigenvalue weighted by Crippen LogP contribution is 2.32. The Bertz CT molecular complexity index is 852. The monoisotopic (exact) mass is 520 g/mol. The number of Topliss-reactive ketones (excluding diaryl/α,β-unsaturated/α-hetero) is 1. The van der Waals surface area contributed by atoms with Crippen molar-refractivity contribution in [2.45, 2.75) is 116 Å². The predicted octanol–water partition coefficient (Wildman–Crippen LogP) is 2.43. The molecule has 4 amide bonds. The molecule has 0 aromatic carbocycles. The number of likely N-dealkylation sites (tertiary alicyclic amines) is 1. The van der Waals surface area contributed by atoms with Gasteiger partial charge in [0, 0.05) is 6.54 Å². The molecular formula is C27H44N4O6. The normalized spacial score (nSPS) is 23.0. The van der Waals surface area contributed by atoms with E-state index in [9.17, 15) is 24.0 Å². The number of amides is 4. The molecule has 208 valence electrons. The van der Waals surface area contributed by atoms with Gasteiger partial charge >= 0.3 is 6.09 Å². The number of ether oxygens (including phenoxy) is 1. The molecule has 0 spiro atoms. The molecular weight excluding hydrogens is 476 g/mol. The van der Waals surface area contributed by atoms with E-state index < -0.39 is 41.8 Å². The van der Waals surface area contributed by atoms with Gasteiger partial charge in [0.05, 0.1) is 6.04 Å². The van der Waals surface area contributed by atoms with E-state index in [1.54, 1.807) is 0 Å². The minimum absolute atomic E-state index is 0.0322. The van der Waals surface area contributed by atoms with Crippen molar-refractivity contribution < 1.29 is 28.7 Å². The van der Waals surface area contributed by atoms with Crippen LogP contribution in [0.3, 0.4) is 0 Å². The molecule has 2 saturated carbocycles. The summed E-state index contributed by atoms with van der Waals surface area (Å²) in [6.45, 7) is 6.11. The lowest BCUT2D eigenvalue weighted by Crippen LogP contribution is -2.58. The summed E-state index contributed by atoms with van der Waals surface area (Å²) >= 11 is 0. The van der Waals surface area contributed by atoms with Crippen LogP contribution in [0.15, 0.2) is 0 Å². The maximum Gasteiger partial charge on any atom is 0.408 e. The van der Waals surface area contributed by atoms with Gasteiger partial charge in [-0.3, -0.25) is 19.2 Å². The van der Waals surface area contributed by atoms with Crippen LogP contribution in [0, 0.1) is 17.8 Å². The molecule has 2 aliphatic carbocycles. The van der Waals surface area contributed by atoms with Crippen LogP contribution in [0.5, 0.6) is 0 Å². The Morgan fingerprint density at radius 1 is 0.892 bits per heavy atom. The predicted molar refractivity (Wildman–Crippen MR) is 137 cm³/mol. The molecule has 3 fully saturated rings. The van der Waals surface area contributed by atoms with Gasteiger partial charge in [-0.25, -0.2) is 4.79 Å². The number of hydrogen-bond donors (Lipinski definition) is 3. The van der Waals surface area contributed by atoms with Crippen molar-refractivity contribution in [2.24, 2.45) is 23.5 Å². The van der Waals surface area contributed by atoms with Gasteiger partial charge in [-0.2, -0.15) is 0 Å². The summed E-state index contributed by atoms with van der Waals surface area (Å²) in [4.78, 5) is 65.4. The van der Waals surface area contributed by atoms with Crippen molar-refractivity contribution >= 4 is 29.6 Å². The maximum atomic E-state index is 13.8. The molecule has 0 bridgehead atoms. The van der Waals surface area contributed by atoms with Crippen LogP contribution in [0.4, 0.5) is 4.79 Å². The average Bonchev–Trinajstić information content (AvgIpc) is 3.33. The molecule has 3 unspecified atom stereocenters. The van der Waals surface area contributed by atoms with Gasteiger partial charge in [-0.05, 0) is 56.8 Å². The number of nitrogens with one attached hydrogen (secondary N) is 2. The Kier molecular flexibility index (Phi) is 10.3. The van der Waals surface area contributed by atoms with Gasteiger partial charge in [0.2, 0.25) is 17.6 Å². The Balaban J connectivity index is 1.72. The van der Waals surface area contributed by atoms with Crippen molar-refractivity contribution in [1.29, 1.82) is 0 Å². The number of nitrogens with zero attached hydrogens (tertiary/aromatic N) is 1. The molecule has 3 rings (SSSR count). The minimum atomic E-state index is -1.07. The third-order valence-electron chi connectivity index (χ3n) is 8.40. The van der Waals surface area contributed by atoms with Crippen molar-refractivity contribution in [3.8, 4) is 0 Å². The zero-order chi connectivity index (χ0) is 27.1. The van der Waals surface area contributed by atoms with Crippen molar-refractivity contribution in [3.63, 3.8) is 0 Å². The van der Waals surface area contributed by atoms with E-state index in [0.717, 1.165) is 51.4 Å². The number of rotatable bonds is 11. The summed E-state index contributed by atoms with van der Waals surface area (Å²) in [5, 5.41) is 5.55. The summed E-state index contributed by atoms with van der Waals surface area (Å²) < 4.78 is 5.49. The van der Waals surface area contributed by atoms with Crippen LogP contribution in [0.2, 0.25) is 0 Å². The van der Waals surface area contributed by atoms with Crippen LogP contribution in [-0.4, -0.2) is 65.3 Å². The second kappa shape index (κ2) is 13.2. The molecule has 1 saturated heterocycles. The van der Waals surface area contributed by atoms with E-state index >= 15 is 0 Å². The number of primary amides is 1. The third kappa shape index (κ3) is 7.68. The standard InChI is InChI=1S/C27H44N4O6/c1-16(2)17(3)37-27(36)30-22(19-11-5-4-6-12-19)26(35)31-14-8-13-21(31)25(34)29-20(23(32)24(28)33)15-18-9-7-10-18/h16-22H,4-15H2,1-3H3,(H2,28,33)(H,29,34)(H,30,36)/t17?,20?,21?,22-/m0/s1. The number of carbonyl (C=O) groups is 5. The topological polar surface area (TPSA) is 148 Å². The fourth-order valence-corrected chi connectivity index (χ4v) is 5.53. The molecule has 4 atom stereocenters. The first-order valence-electron chi connectivity index (χ1n) is 14.0. The van der Waals surface area contributed by atoms with E-state index in [-0.39, 0.29) is 29.8 Å². The first kappa shape index (κ1) is 28.9. The number of ketones is 1. The summed E-state index contributed by atoms with van der Waals surface area (Å²) in [7, 11) is 0. The van der Waals surface area contributed by atoms with E-state index in [0.29, 0.717) is 25.8 Å². The number of carbonyl (C=O) groups excluding carboxylic acids is 5. The number of nitrogens with two attached hydrogens (primary N) is 1. The van der Waals surface area contributed by atoms with E-state index in [4.69, 9.17) is 10.5 Å². The van der Waals surface area contributed by atoms with Crippen LogP contribution in [-0.2, 0) is 23.9 Å². The van der Waals surface area contributed by atoms with E-state index in [1.807, 2.05) is 20.8 Å². The number of alkyl carbamates (subject to hydrolysis) is 1. The highest BCUT2D eigenvalue weighted by atomic mass is 16.6. The summed E-state index contributed by atoms with van der Waals surface area (Å²) in [6, 6.07) is -2.53. The lowest BCUT2D eigenvalue weighted by molar-refractivity contribution is -0.143. The van der Waals surface area contributed by atoms with Gasteiger partial charge < -0.3 is 26.0 Å². The van der Waals surface area contributed by atoms with Gasteiger partial charge in [-0.1, -0.05) is 52.4 Å². The zero-order valence-corrected chi connectivity index (χ0v) is 22.5. The lowest BCUT2D eigenvalue weighted by Gasteiger charge is -2.35. The maximum absolute atomic E-state index is 13.8. The molecule has 10 heteroatoms.